The zero-order chi connectivity index (χ0) is 16.9. The second kappa shape index (κ2) is 7.32. The van der Waals surface area contributed by atoms with E-state index in [2.05, 4.69) is 4.74 Å². The first-order chi connectivity index (χ1) is 10.8. The molecule has 2 aromatic rings. The maximum Gasteiger partial charge on any atom is 0.573 e. The van der Waals surface area contributed by atoms with Crippen molar-refractivity contribution in [2.45, 2.75) is 12.9 Å². The topological polar surface area (TPSA) is 29.5 Å². The summed E-state index contributed by atoms with van der Waals surface area (Å²) >= 11 is 1.49. The lowest BCUT2D eigenvalue weighted by Crippen LogP contribution is -2.25. The first-order valence-electron chi connectivity index (χ1n) is 6.65. The molecule has 0 aliphatic heterocycles. The summed E-state index contributed by atoms with van der Waals surface area (Å²) in [6.45, 7) is 0.0138. The number of ether oxygens (including phenoxy) is 1. The molecule has 0 spiro atoms. The van der Waals surface area contributed by atoms with Gasteiger partial charge < -0.3 is 9.64 Å². The summed E-state index contributed by atoms with van der Waals surface area (Å²) in [7, 11) is 1.52. The molecule has 1 aromatic carbocycles. The van der Waals surface area contributed by atoms with Crippen LogP contribution >= 0.6 is 11.3 Å². The third kappa shape index (κ3) is 5.45. The summed E-state index contributed by atoms with van der Waals surface area (Å²) in [5.74, 6) is -0.609. The highest BCUT2D eigenvalue weighted by atomic mass is 32.1. The molecule has 3 nitrogen and oxygen atoms in total. The molecule has 7 heteroatoms. The van der Waals surface area contributed by atoms with Crippen LogP contribution in [0.2, 0.25) is 0 Å². The number of rotatable bonds is 5. The van der Waals surface area contributed by atoms with Gasteiger partial charge in [0.05, 0.1) is 0 Å². The number of para-hydroxylation sites is 1. The van der Waals surface area contributed by atoms with E-state index in [1.165, 1.54) is 47.6 Å². The molecule has 0 radical (unpaired) electrons. The second-order valence-corrected chi connectivity index (χ2v) is 5.68. The van der Waals surface area contributed by atoms with Crippen molar-refractivity contribution in [2.75, 3.05) is 7.05 Å². The first kappa shape index (κ1) is 17.1. The van der Waals surface area contributed by atoms with Gasteiger partial charge in [-0.1, -0.05) is 24.3 Å². The summed E-state index contributed by atoms with van der Waals surface area (Å²) in [6, 6.07) is 9.49. The highest BCUT2D eigenvalue weighted by Crippen LogP contribution is 2.27. The van der Waals surface area contributed by atoms with Crippen LogP contribution in [0.25, 0.3) is 6.08 Å². The zero-order valence-electron chi connectivity index (χ0n) is 12.2. The normalized spacial score (nSPS) is 11.7. The Bertz CT molecular complexity index is 681. The van der Waals surface area contributed by atoms with Crippen molar-refractivity contribution >= 4 is 23.3 Å². The van der Waals surface area contributed by atoms with Crippen LogP contribution in [-0.2, 0) is 11.3 Å². The van der Waals surface area contributed by atoms with Crippen LogP contribution in [0.3, 0.4) is 0 Å². The van der Waals surface area contributed by atoms with Gasteiger partial charge in [-0.15, -0.1) is 24.5 Å². The smallest absolute Gasteiger partial charge is 0.405 e. The predicted octanol–water partition coefficient (Wildman–Crippen LogP) is 4.32. The molecule has 1 aromatic heterocycles. The molecule has 0 atom stereocenters. The molecular weight excluding hydrogens is 327 g/mol. The summed E-state index contributed by atoms with van der Waals surface area (Å²) in [5.41, 5.74) is 0.283. The Kier molecular flexibility index (Phi) is 5.44. The Morgan fingerprint density at radius 1 is 1.26 bits per heavy atom. The fourth-order valence-corrected chi connectivity index (χ4v) is 2.48. The van der Waals surface area contributed by atoms with Gasteiger partial charge in [0.25, 0.3) is 0 Å². The fourth-order valence-electron chi connectivity index (χ4n) is 1.86. The number of benzene rings is 1. The van der Waals surface area contributed by atoms with Crippen LogP contribution < -0.4 is 4.74 Å². The average Bonchev–Trinajstić information content (AvgIpc) is 2.98. The van der Waals surface area contributed by atoms with Crippen molar-refractivity contribution in [3.05, 3.63) is 58.3 Å². The average molecular weight is 341 g/mol. The molecule has 0 bridgehead atoms. The van der Waals surface area contributed by atoms with Crippen molar-refractivity contribution in [3.8, 4) is 5.75 Å². The minimum Gasteiger partial charge on any atom is -0.405 e. The molecule has 0 unspecified atom stereocenters. The van der Waals surface area contributed by atoms with Crippen LogP contribution in [0.1, 0.15) is 10.4 Å². The zero-order valence-corrected chi connectivity index (χ0v) is 13.0. The van der Waals surface area contributed by atoms with Crippen molar-refractivity contribution in [1.82, 2.24) is 4.90 Å². The van der Waals surface area contributed by atoms with Gasteiger partial charge in [-0.3, -0.25) is 4.79 Å². The number of thiophene rings is 1. The maximum absolute atomic E-state index is 12.4. The SMILES string of the molecule is CN(Cc1ccccc1OC(F)(F)F)C(=O)/C=C/c1cccs1. The fraction of sp³-hybridized carbons (Fsp3) is 0.188. The van der Waals surface area contributed by atoms with Gasteiger partial charge in [-0.05, 0) is 23.6 Å². The molecule has 0 saturated carbocycles. The molecule has 23 heavy (non-hydrogen) atoms. The monoisotopic (exact) mass is 341 g/mol. The third-order valence-corrected chi connectivity index (χ3v) is 3.75. The quantitative estimate of drug-likeness (QED) is 0.758. The number of nitrogens with zero attached hydrogens (tertiary/aromatic N) is 1. The Morgan fingerprint density at radius 3 is 2.65 bits per heavy atom. The molecule has 0 aliphatic rings. The van der Waals surface area contributed by atoms with Gasteiger partial charge in [0.15, 0.2) is 0 Å². The number of likely N-dealkylation sites (N-methyl/N-ethyl adjacent to an activating group) is 1. The van der Waals surface area contributed by atoms with Gasteiger partial charge >= 0.3 is 6.36 Å². The minimum absolute atomic E-state index is 0.0138. The van der Waals surface area contributed by atoms with E-state index in [1.54, 1.807) is 12.1 Å². The lowest BCUT2D eigenvalue weighted by Gasteiger charge is -2.18. The molecular formula is C16H14F3NO2S. The van der Waals surface area contributed by atoms with Crippen molar-refractivity contribution in [2.24, 2.45) is 0 Å². The molecule has 122 valence electrons. The largest absolute Gasteiger partial charge is 0.573 e. The van der Waals surface area contributed by atoms with E-state index in [1.807, 2.05) is 17.5 Å². The Balaban J connectivity index is 2.05. The Hall–Kier alpha value is -2.28. The first-order valence-corrected chi connectivity index (χ1v) is 7.53. The van der Waals surface area contributed by atoms with Gasteiger partial charge in [-0.2, -0.15) is 0 Å². The number of carbonyl (C=O) groups is 1. The van der Waals surface area contributed by atoms with Crippen LogP contribution in [0.5, 0.6) is 5.75 Å². The van der Waals surface area contributed by atoms with E-state index in [9.17, 15) is 18.0 Å². The molecule has 0 saturated heterocycles. The van der Waals surface area contributed by atoms with Gasteiger partial charge in [0.2, 0.25) is 5.91 Å². The van der Waals surface area contributed by atoms with Crippen LogP contribution in [-0.4, -0.2) is 24.2 Å². The summed E-state index contributed by atoms with van der Waals surface area (Å²) < 4.78 is 41.1. The molecule has 0 N–H and O–H groups in total. The Labute approximate surface area is 135 Å². The third-order valence-electron chi connectivity index (χ3n) is 2.92. The highest BCUT2D eigenvalue weighted by Gasteiger charge is 2.32. The van der Waals surface area contributed by atoms with E-state index in [4.69, 9.17) is 0 Å². The summed E-state index contributed by atoms with van der Waals surface area (Å²) in [4.78, 5) is 14.3. The molecule has 0 aliphatic carbocycles. The van der Waals surface area contributed by atoms with E-state index in [0.717, 1.165) is 4.88 Å². The number of halogens is 3. The van der Waals surface area contributed by atoms with Gasteiger partial charge in [0.1, 0.15) is 5.75 Å². The number of hydrogen-bond donors (Lipinski definition) is 0. The second-order valence-electron chi connectivity index (χ2n) is 4.70. The summed E-state index contributed by atoms with van der Waals surface area (Å²) in [6.07, 6.45) is -1.71. The number of hydrogen-bond acceptors (Lipinski definition) is 3. The standard InChI is InChI=1S/C16H14F3NO2S/c1-20(15(21)9-8-13-6-4-10-23-13)11-12-5-2-3-7-14(12)22-16(17,18)19/h2-10H,11H2,1H3/b9-8+. The van der Waals surface area contributed by atoms with Crippen LogP contribution in [0.15, 0.2) is 47.9 Å². The predicted molar refractivity (Wildman–Crippen MR) is 83.0 cm³/mol. The number of carbonyl (C=O) groups excluding carboxylic acids is 1. The van der Waals surface area contributed by atoms with Crippen LogP contribution in [0, 0.1) is 0 Å². The van der Waals surface area contributed by atoms with Crippen molar-refractivity contribution in [1.29, 1.82) is 0 Å². The van der Waals surface area contributed by atoms with E-state index in [-0.39, 0.29) is 23.8 Å². The maximum atomic E-state index is 12.4. The summed E-state index contributed by atoms with van der Waals surface area (Å²) in [5, 5.41) is 1.89. The molecule has 1 amide bonds. The van der Waals surface area contributed by atoms with Crippen LogP contribution in [0.4, 0.5) is 13.2 Å². The highest BCUT2D eigenvalue weighted by molar-refractivity contribution is 7.10. The van der Waals surface area contributed by atoms with Gasteiger partial charge in [0, 0.05) is 30.1 Å². The molecule has 0 fully saturated rings. The van der Waals surface area contributed by atoms with Crippen molar-refractivity contribution in [3.63, 3.8) is 0 Å². The molecule has 2 rings (SSSR count). The Morgan fingerprint density at radius 2 is 2.00 bits per heavy atom. The lowest BCUT2D eigenvalue weighted by molar-refractivity contribution is -0.274. The van der Waals surface area contributed by atoms with Gasteiger partial charge in [-0.25, -0.2) is 0 Å². The van der Waals surface area contributed by atoms with Crippen molar-refractivity contribution < 1.29 is 22.7 Å². The van der Waals surface area contributed by atoms with E-state index in [0.29, 0.717) is 0 Å². The number of amides is 1. The number of alkyl halides is 3. The minimum atomic E-state index is -4.77. The van der Waals surface area contributed by atoms with E-state index < -0.39 is 6.36 Å². The van der Waals surface area contributed by atoms with E-state index >= 15 is 0 Å². The molecule has 1 heterocycles. The lowest BCUT2D eigenvalue weighted by atomic mass is 10.2.